The predicted octanol–water partition coefficient (Wildman–Crippen LogP) is 9.27. The molecule has 35 heavy (non-hydrogen) atoms. The number of benzene rings is 2. The Kier molecular flexibility index (Phi) is 14.1. The largest absolute Gasteiger partial charge is 0.204 e. The third-order valence-electron chi connectivity index (χ3n) is 5.40. The molecule has 0 aliphatic heterocycles. The van der Waals surface area contributed by atoms with Gasteiger partial charge in [0.1, 0.15) is 0 Å². The van der Waals surface area contributed by atoms with Gasteiger partial charge in [-0.25, -0.2) is 27.5 Å². The van der Waals surface area contributed by atoms with Crippen LogP contribution in [0.5, 0.6) is 0 Å². The zero-order chi connectivity index (χ0) is 25.0. The number of halogens is 7. The van der Waals surface area contributed by atoms with Crippen LogP contribution in [0.2, 0.25) is 13.1 Å². The van der Waals surface area contributed by atoms with Crippen LogP contribution in [0.3, 0.4) is 0 Å². The van der Waals surface area contributed by atoms with Gasteiger partial charge in [0.25, 0.3) is 0 Å². The van der Waals surface area contributed by atoms with Crippen LogP contribution >= 0.6 is 24.8 Å². The van der Waals surface area contributed by atoms with E-state index in [1.807, 2.05) is 0 Å². The summed E-state index contributed by atoms with van der Waals surface area (Å²) in [5.41, 5.74) is 3.54. The van der Waals surface area contributed by atoms with Gasteiger partial charge in [-0.05, 0) is 0 Å². The van der Waals surface area contributed by atoms with Gasteiger partial charge < -0.3 is 0 Å². The van der Waals surface area contributed by atoms with E-state index < -0.39 is 34.6 Å². The summed E-state index contributed by atoms with van der Waals surface area (Å²) in [6.07, 6.45) is 3.36. The summed E-state index contributed by atoms with van der Waals surface area (Å²) in [7, 11) is 0. The van der Waals surface area contributed by atoms with E-state index in [4.69, 9.17) is 0 Å². The molecule has 188 valence electrons. The van der Waals surface area contributed by atoms with Crippen LogP contribution < -0.4 is 0 Å². The van der Waals surface area contributed by atoms with Crippen molar-refractivity contribution in [1.82, 2.24) is 0 Å². The van der Waals surface area contributed by atoms with E-state index in [0.717, 1.165) is 0 Å². The van der Waals surface area contributed by atoms with Crippen LogP contribution in [0, 0.1) is 41.1 Å². The fourth-order valence-corrected chi connectivity index (χ4v) is 3.37. The molecule has 0 radical (unpaired) electrons. The second kappa shape index (κ2) is 14.6. The maximum atomic E-state index is 13.8. The molecule has 0 amide bonds. The number of fused-ring (bicyclic) bond motifs is 1. The van der Waals surface area contributed by atoms with E-state index in [9.17, 15) is 22.0 Å². The Balaban J connectivity index is 0.000000649. The first-order valence-corrected chi connectivity index (χ1v) is 16.5. The number of hydrogen-bond donors (Lipinski definition) is 0. The monoisotopic (exact) mass is 622 g/mol. The number of allylic oxidation sites excluding steroid dienone is 4. The molecule has 0 fully saturated rings. The van der Waals surface area contributed by atoms with Gasteiger partial charge in [-0.15, -0.1) is 78.4 Å². The van der Waals surface area contributed by atoms with E-state index in [1.54, 1.807) is 53.7 Å². The van der Waals surface area contributed by atoms with E-state index >= 15 is 0 Å². The van der Waals surface area contributed by atoms with Crippen molar-refractivity contribution < 1.29 is 45.3 Å². The van der Waals surface area contributed by atoms with Gasteiger partial charge in [0.05, 0.1) is 0 Å². The molecule has 0 spiro atoms. The Hall–Kier alpha value is -1.14. The average Bonchev–Trinajstić information content (AvgIpc) is 3.28. The molecule has 0 N–H and O–H groups in total. The molecule has 0 bridgehead atoms. The molecule has 3 aromatic carbocycles. The smallest absolute Gasteiger partial charge is 0.200 e. The summed E-state index contributed by atoms with van der Waals surface area (Å²) in [4.78, 5) is 0. The van der Waals surface area contributed by atoms with Crippen molar-refractivity contribution in [2.75, 3.05) is 0 Å². The van der Waals surface area contributed by atoms with Crippen molar-refractivity contribution in [2.24, 2.45) is 5.92 Å². The molecule has 1 atom stereocenters. The first-order chi connectivity index (χ1) is 15.4. The van der Waals surface area contributed by atoms with Crippen molar-refractivity contribution >= 4 is 41.0 Å². The molecule has 3 aromatic rings. The van der Waals surface area contributed by atoms with Crippen molar-refractivity contribution in [3.63, 3.8) is 0 Å². The summed E-state index contributed by atoms with van der Waals surface area (Å²) in [5.74, 6) is -9.12. The molecule has 4 rings (SSSR count). The van der Waals surface area contributed by atoms with Gasteiger partial charge in [0.15, 0.2) is 29.1 Å². The van der Waals surface area contributed by atoms with Crippen LogP contribution in [0.15, 0.2) is 53.1 Å². The van der Waals surface area contributed by atoms with E-state index in [-0.39, 0.29) is 35.8 Å². The van der Waals surface area contributed by atoms with Gasteiger partial charge >= 0.3 is 41.9 Å². The Morgan fingerprint density at radius 1 is 0.857 bits per heavy atom. The van der Waals surface area contributed by atoms with Crippen LogP contribution in [0.1, 0.15) is 27.7 Å². The topological polar surface area (TPSA) is 0 Å². The van der Waals surface area contributed by atoms with Gasteiger partial charge in [0.2, 0.25) is 0 Å². The molecular weight excluding hydrogens is 597 g/mol. The maximum Gasteiger partial charge on any atom is 0.200 e. The Morgan fingerprint density at radius 2 is 1.31 bits per heavy atom. The third-order valence-corrected chi connectivity index (χ3v) is 5.40. The molecular formula is C26H27Cl2F5SiZr. The van der Waals surface area contributed by atoms with Gasteiger partial charge in [-0.1, -0.05) is 32.8 Å². The molecule has 1 aliphatic rings. The summed E-state index contributed by atoms with van der Waals surface area (Å²) in [5, 5.41) is 1.09. The summed E-state index contributed by atoms with van der Waals surface area (Å²) in [6.45, 7) is 13.3. The fraction of sp³-hybridized carbons (Fsp3) is 0.269. The molecule has 0 aromatic heterocycles. The maximum absolute atomic E-state index is 13.8. The summed E-state index contributed by atoms with van der Waals surface area (Å²) in [6, 6.07) is 9.47. The second-order valence-electron chi connectivity index (χ2n) is 8.08. The molecule has 0 saturated carbocycles. The second-order valence-corrected chi connectivity index (χ2v) is 17.5. The van der Waals surface area contributed by atoms with E-state index in [1.165, 1.54) is 22.8 Å². The number of rotatable bonds is 1. The Morgan fingerprint density at radius 3 is 1.71 bits per heavy atom. The van der Waals surface area contributed by atoms with Crippen LogP contribution in [-0.2, 0) is 23.3 Å². The predicted molar refractivity (Wildman–Crippen MR) is 137 cm³/mol. The van der Waals surface area contributed by atoms with Crippen molar-refractivity contribution in [1.29, 1.82) is 0 Å². The molecule has 9 heteroatoms. The zero-order valence-corrected chi connectivity index (χ0v) is 25.3. The number of hydrogen-bond acceptors (Lipinski definition) is 0. The van der Waals surface area contributed by atoms with Crippen molar-refractivity contribution in [3.05, 3.63) is 88.3 Å². The molecule has 0 heterocycles. The normalized spacial score (nSPS) is 14.2. The molecule has 1 aliphatic carbocycles. The fourth-order valence-electron chi connectivity index (χ4n) is 3.37. The van der Waals surface area contributed by atoms with Crippen molar-refractivity contribution in [3.8, 4) is 11.1 Å². The SMILES string of the molecule is CC1=[C-]C(C)C(C)=C1C.C[Si](C)=[Zr+2].Cl.Cl.Fc1c(F)c(F)c(-c2c[cH-]c3ccccc23)c(F)c1F. The zero-order valence-electron chi connectivity index (χ0n) is 20.2. The first-order valence-electron chi connectivity index (χ1n) is 10.3. The summed E-state index contributed by atoms with van der Waals surface area (Å²) >= 11 is 1.74. The molecule has 1 unspecified atom stereocenters. The standard InChI is InChI=1S/C15H6F5.C9H13.C2H6Si.2ClH.Zr/c16-11-10(12(17)14(19)15(20)13(11)18)9-6-5-7-3-1-2-4-8(7)9;1-6-5-7(2)9(4)8(6)3;1-3-2;;;/h1-6H;6H,1-4H3;1-2H3;2*1H;/q2*-1;;;;+2. The van der Waals surface area contributed by atoms with Crippen LogP contribution in [0.25, 0.3) is 21.9 Å². The first kappa shape index (κ1) is 33.9. The molecule has 0 saturated heterocycles. The van der Waals surface area contributed by atoms with Gasteiger partial charge in [-0.2, -0.15) is 11.1 Å². The van der Waals surface area contributed by atoms with Gasteiger partial charge in [-0.3, -0.25) is 6.08 Å². The van der Waals surface area contributed by atoms with Crippen LogP contribution in [0.4, 0.5) is 22.0 Å². The quantitative estimate of drug-likeness (QED) is 0.0833. The van der Waals surface area contributed by atoms with Crippen molar-refractivity contribution in [2.45, 2.75) is 40.8 Å². The minimum absolute atomic E-state index is 0. The Labute approximate surface area is 231 Å². The van der Waals surface area contributed by atoms with E-state index in [0.29, 0.717) is 16.7 Å². The third kappa shape index (κ3) is 7.92. The van der Waals surface area contributed by atoms with Crippen LogP contribution in [-0.4, -0.2) is 5.43 Å². The minimum atomic E-state index is -2.15. The summed E-state index contributed by atoms with van der Waals surface area (Å²) < 4.78 is 67.0. The average molecular weight is 625 g/mol. The van der Waals surface area contributed by atoms with Gasteiger partial charge in [0, 0.05) is 5.56 Å². The minimum Gasteiger partial charge on any atom is -0.204 e. The molecule has 0 nitrogen and oxygen atoms in total. The Bertz CT molecular complexity index is 1230. The van der Waals surface area contributed by atoms with E-state index in [2.05, 4.69) is 46.9 Å².